The zero-order chi connectivity index (χ0) is 5.11. The maximum atomic E-state index is 4.58. The van der Waals surface area contributed by atoms with E-state index in [9.17, 15) is 0 Å². The minimum Gasteiger partial charge on any atom is -0.236 e. The van der Waals surface area contributed by atoms with E-state index in [1.165, 1.54) is 0 Å². The van der Waals surface area contributed by atoms with Gasteiger partial charge in [0.1, 0.15) is 6.61 Å². The molecule has 1 rings (SSSR count). The zero-order valence-corrected chi connectivity index (χ0v) is 4.14. The van der Waals surface area contributed by atoms with Crippen LogP contribution in [-0.2, 0) is 9.78 Å². The molecule has 40 valence electrons. The second-order valence-corrected chi connectivity index (χ2v) is 1.58. The lowest BCUT2D eigenvalue weighted by Crippen LogP contribution is -2.08. The molecule has 0 unspecified atom stereocenters. The van der Waals surface area contributed by atoms with E-state index in [4.69, 9.17) is 0 Å². The summed E-state index contributed by atoms with van der Waals surface area (Å²) in [6, 6.07) is 0. The van der Waals surface area contributed by atoms with Crippen LogP contribution < -0.4 is 0 Å². The lowest BCUT2D eigenvalue weighted by Gasteiger charge is -2.11. The van der Waals surface area contributed by atoms with Gasteiger partial charge in [-0.3, -0.25) is 0 Å². The Morgan fingerprint density at radius 2 is 2.29 bits per heavy atom. The smallest absolute Gasteiger partial charge is 0.103 e. The minimum absolute atomic E-state index is 0.569. The first kappa shape index (κ1) is 4.81. The summed E-state index contributed by atoms with van der Waals surface area (Å²) in [6.07, 6.45) is 0.944. The fraction of sp³-hybridized carbons (Fsp3) is 0.600. The fourth-order valence-corrected chi connectivity index (χ4v) is 0.442. The van der Waals surface area contributed by atoms with Crippen molar-refractivity contribution >= 4 is 0 Å². The first-order valence-corrected chi connectivity index (χ1v) is 2.30. The van der Waals surface area contributed by atoms with E-state index >= 15 is 0 Å². The van der Waals surface area contributed by atoms with E-state index in [0.29, 0.717) is 13.2 Å². The quantitative estimate of drug-likeness (QED) is 0.332. The molecule has 0 amide bonds. The largest absolute Gasteiger partial charge is 0.236 e. The third-order valence-electron chi connectivity index (χ3n) is 0.885. The average Bonchev–Trinajstić information content (AvgIpc) is 1.69. The van der Waals surface area contributed by atoms with Crippen LogP contribution in [0.1, 0.15) is 6.42 Å². The Hall–Kier alpha value is -0.340. The van der Waals surface area contributed by atoms with Crippen molar-refractivity contribution in [1.82, 2.24) is 0 Å². The van der Waals surface area contributed by atoms with Crippen molar-refractivity contribution in [2.45, 2.75) is 6.42 Å². The molecule has 0 spiro atoms. The molecule has 7 heavy (non-hydrogen) atoms. The first-order chi connectivity index (χ1) is 3.39. The number of hydrogen-bond acceptors (Lipinski definition) is 2. The summed E-state index contributed by atoms with van der Waals surface area (Å²) < 4.78 is 0. The van der Waals surface area contributed by atoms with E-state index < -0.39 is 0 Å². The van der Waals surface area contributed by atoms with Crippen molar-refractivity contribution in [3.63, 3.8) is 0 Å². The highest BCUT2D eigenvalue weighted by Gasteiger charge is 2.01. The molecule has 0 aromatic rings. The molecule has 0 aliphatic carbocycles. The summed E-state index contributed by atoms with van der Waals surface area (Å²) in [4.78, 5) is 9.16. The Morgan fingerprint density at radius 1 is 1.43 bits per heavy atom. The second-order valence-electron chi connectivity index (χ2n) is 1.58. The summed E-state index contributed by atoms with van der Waals surface area (Å²) in [5, 5.41) is 0. The monoisotopic (exact) mass is 100 g/mol. The fourth-order valence-electron chi connectivity index (χ4n) is 0.442. The van der Waals surface area contributed by atoms with Gasteiger partial charge in [0.15, 0.2) is 0 Å². The summed E-state index contributed by atoms with van der Waals surface area (Å²) in [7, 11) is 0. The molecule has 2 nitrogen and oxygen atoms in total. The lowest BCUT2D eigenvalue weighted by molar-refractivity contribution is -0.299. The van der Waals surface area contributed by atoms with Gasteiger partial charge in [-0.2, -0.15) is 0 Å². The molecule has 0 bridgehead atoms. The van der Waals surface area contributed by atoms with Gasteiger partial charge in [0, 0.05) is 0 Å². The van der Waals surface area contributed by atoms with Gasteiger partial charge in [0.25, 0.3) is 0 Å². The SMILES string of the molecule is C=C1CCOOC1. The van der Waals surface area contributed by atoms with Crippen LogP contribution >= 0.6 is 0 Å². The standard InChI is InChI=1S/C5H8O2/c1-5-2-3-6-7-4-5/h1-4H2. The molecule has 0 atom stereocenters. The second kappa shape index (κ2) is 2.09. The Balaban J connectivity index is 2.25. The van der Waals surface area contributed by atoms with E-state index in [2.05, 4.69) is 16.4 Å². The van der Waals surface area contributed by atoms with Gasteiger partial charge in [-0.05, 0) is 12.0 Å². The van der Waals surface area contributed by atoms with Crippen LogP contribution in [0, 0.1) is 0 Å². The van der Waals surface area contributed by atoms with Crippen molar-refractivity contribution in [3.8, 4) is 0 Å². The molecule has 2 heteroatoms. The molecule has 1 heterocycles. The summed E-state index contributed by atoms with van der Waals surface area (Å²) >= 11 is 0. The van der Waals surface area contributed by atoms with Gasteiger partial charge in [-0.1, -0.05) is 6.58 Å². The third kappa shape index (κ3) is 1.29. The van der Waals surface area contributed by atoms with Crippen molar-refractivity contribution in [1.29, 1.82) is 0 Å². The molecule has 0 aromatic carbocycles. The number of hydrogen-bond donors (Lipinski definition) is 0. The van der Waals surface area contributed by atoms with Crippen LogP contribution in [-0.4, -0.2) is 13.2 Å². The third-order valence-corrected chi connectivity index (χ3v) is 0.885. The zero-order valence-electron chi connectivity index (χ0n) is 4.14. The highest BCUT2D eigenvalue weighted by Crippen LogP contribution is 2.04. The van der Waals surface area contributed by atoms with Crippen LogP contribution in [0.4, 0.5) is 0 Å². The van der Waals surface area contributed by atoms with E-state index in [0.717, 1.165) is 12.0 Å². The summed E-state index contributed by atoms with van der Waals surface area (Å²) in [6.45, 7) is 4.94. The predicted molar refractivity (Wildman–Crippen MR) is 25.7 cm³/mol. The maximum Gasteiger partial charge on any atom is 0.103 e. The highest BCUT2D eigenvalue weighted by molar-refractivity contribution is 4.94. The lowest BCUT2D eigenvalue weighted by atomic mass is 10.2. The maximum absolute atomic E-state index is 4.58. The Morgan fingerprint density at radius 3 is 2.57 bits per heavy atom. The van der Waals surface area contributed by atoms with E-state index in [1.54, 1.807) is 0 Å². The summed E-state index contributed by atoms with van der Waals surface area (Å²) in [5.41, 5.74) is 1.12. The predicted octanol–water partition coefficient (Wildman–Crippen LogP) is 0.895. The van der Waals surface area contributed by atoms with Crippen LogP contribution in [0.5, 0.6) is 0 Å². The van der Waals surface area contributed by atoms with Gasteiger partial charge < -0.3 is 0 Å². The van der Waals surface area contributed by atoms with Gasteiger partial charge >= 0.3 is 0 Å². The van der Waals surface area contributed by atoms with Gasteiger partial charge in [-0.25, -0.2) is 9.78 Å². The van der Waals surface area contributed by atoms with Gasteiger partial charge in [-0.15, -0.1) is 0 Å². The van der Waals surface area contributed by atoms with E-state index in [1.807, 2.05) is 0 Å². The van der Waals surface area contributed by atoms with Gasteiger partial charge in [0.05, 0.1) is 6.61 Å². The van der Waals surface area contributed by atoms with Crippen molar-refractivity contribution < 1.29 is 9.78 Å². The Kier molecular flexibility index (Phi) is 1.44. The molecule has 0 radical (unpaired) electrons. The van der Waals surface area contributed by atoms with E-state index in [-0.39, 0.29) is 0 Å². The Bertz CT molecular complexity index is 70.1. The van der Waals surface area contributed by atoms with Crippen LogP contribution in [0.25, 0.3) is 0 Å². The van der Waals surface area contributed by atoms with Crippen LogP contribution in [0.2, 0.25) is 0 Å². The molecular formula is C5H8O2. The topological polar surface area (TPSA) is 18.5 Å². The Labute approximate surface area is 42.7 Å². The van der Waals surface area contributed by atoms with Crippen molar-refractivity contribution in [3.05, 3.63) is 12.2 Å². The highest BCUT2D eigenvalue weighted by atomic mass is 17.2. The molecule has 0 N–H and O–H groups in total. The van der Waals surface area contributed by atoms with Crippen molar-refractivity contribution in [2.75, 3.05) is 13.2 Å². The summed E-state index contributed by atoms with van der Waals surface area (Å²) in [5.74, 6) is 0. The van der Waals surface area contributed by atoms with Crippen LogP contribution in [0.15, 0.2) is 12.2 Å². The minimum atomic E-state index is 0.569. The molecular weight excluding hydrogens is 92.1 g/mol. The number of rotatable bonds is 0. The molecule has 1 aliphatic heterocycles. The first-order valence-electron chi connectivity index (χ1n) is 2.30. The molecule has 1 saturated heterocycles. The van der Waals surface area contributed by atoms with Crippen molar-refractivity contribution in [2.24, 2.45) is 0 Å². The van der Waals surface area contributed by atoms with Crippen LogP contribution in [0.3, 0.4) is 0 Å². The molecule has 0 saturated carbocycles. The normalized spacial score (nSPS) is 22.6. The molecule has 1 aliphatic rings. The molecule has 1 fully saturated rings. The van der Waals surface area contributed by atoms with Gasteiger partial charge in [0.2, 0.25) is 0 Å². The average molecular weight is 100 g/mol. The molecule has 0 aromatic heterocycles.